The van der Waals surface area contributed by atoms with Crippen LogP contribution in [0.15, 0.2) is 35.2 Å². The molecule has 2 aliphatic heterocycles. The lowest BCUT2D eigenvalue weighted by molar-refractivity contribution is 0.219. The molecule has 5 nitrogen and oxygen atoms in total. The Kier molecular flexibility index (Phi) is 3.86. The van der Waals surface area contributed by atoms with Crippen LogP contribution < -0.4 is 0 Å². The van der Waals surface area contributed by atoms with Gasteiger partial charge in [0.05, 0.1) is 10.6 Å². The van der Waals surface area contributed by atoms with Crippen molar-refractivity contribution in [3.63, 3.8) is 0 Å². The van der Waals surface area contributed by atoms with Gasteiger partial charge in [0.1, 0.15) is 0 Å². The van der Waals surface area contributed by atoms with Crippen LogP contribution in [0.25, 0.3) is 0 Å². The van der Waals surface area contributed by atoms with E-state index in [9.17, 15) is 8.42 Å². The van der Waals surface area contributed by atoms with Gasteiger partial charge in [-0.05, 0) is 25.2 Å². The fourth-order valence-corrected chi connectivity index (χ4v) is 4.45. The number of benzene rings is 1. The lowest BCUT2D eigenvalue weighted by atomic mass is 9.66. The van der Waals surface area contributed by atoms with E-state index >= 15 is 0 Å². The largest absolute Gasteiger partial charge is 0.554 e. The van der Waals surface area contributed by atoms with Crippen molar-refractivity contribution in [2.24, 2.45) is 0 Å². The Bertz CT molecular complexity index is 553. The molecule has 0 saturated carbocycles. The van der Waals surface area contributed by atoms with Crippen molar-refractivity contribution < 1.29 is 17.7 Å². The van der Waals surface area contributed by atoms with Crippen LogP contribution in [-0.4, -0.2) is 52.0 Å². The zero-order valence-corrected chi connectivity index (χ0v) is 12.2. The number of fused-ring (bicyclic) bond motifs is 1. The third-order valence-corrected chi connectivity index (χ3v) is 5.97. The third kappa shape index (κ3) is 2.63. The highest BCUT2D eigenvalue weighted by atomic mass is 32.2. The molecule has 0 unspecified atom stereocenters. The second kappa shape index (κ2) is 5.48. The van der Waals surface area contributed by atoms with E-state index in [0.717, 1.165) is 13.1 Å². The Morgan fingerprint density at radius 2 is 1.75 bits per heavy atom. The van der Waals surface area contributed by atoms with Crippen molar-refractivity contribution in [3.8, 4) is 0 Å². The summed E-state index contributed by atoms with van der Waals surface area (Å²) in [6.45, 7) is 1.79. The van der Waals surface area contributed by atoms with Gasteiger partial charge in [-0.3, -0.25) is 0 Å². The van der Waals surface area contributed by atoms with Gasteiger partial charge in [-0.1, -0.05) is 24.6 Å². The molecule has 1 aromatic rings. The van der Waals surface area contributed by atoms with Crippen LogP contribution in [0, 0.1) is 0 Å². The lowest BCUT2D eigenvalue weighted by Gasteiger charge is -2.36. The SMILES string of the molecule is O=S(=O)(CCC[B-]12OCCN1CCO2)c1ccccc1. The molecule has 0 spiro atoms. The molecular weight excluding hydrogens is 277 g/mol. The molecule has 0 atom stereocenters. The molecule has 0 amide bonds. The molecule has 3 rings (SSSR count). The topological polar surface area (TPSA) is 55.8 Å². The molecule has 110 valence electrons. The molecule has 7 heteroatoms. The van der Waals surface area contributed by atoms with Crippen LogP contribution in [0.2, 0.25) is 6.32 Å². The van der Waals surface area contributed by atoms with Crippen molar-refractivity contribution in [1.82, 2.24) is 4.81 Å². The van der Waals surface area contributed by atoms with Crippen LogP contribution in [-0.2, 0) is 19.1 Å². The van der Waals surface area contributed by atoms with Crippen LogP contribution in [0.4, 0.5) is 0 Å². The van der Waals surface area contributed by atoms with Gasteiger partial charge in [0.2, 0.25) is 0 Å². The smallest absolute Gasteiger partial charge is 0.317 e. The highest BCUT2D eigenvalue weighted by Crippen LogP contribution is 2.30. The minimum Gasteiger partial charge on any atom is -0.554 e. The molecule has 0 aliphatic carbocycles. The van der Waals surface area contributed by atoms with E-state index in [4.69, 9.17) is 9.31 Å². The van der Waals surface area contributed by atoms with Crippen LogP contribution in [0.1, 0.15) is 6.42 Å². The second-order valence-electron chi connectivity index (χ2n) is 5.37. The summed E-state index contributed by atoms with van der Waals surface area (Å²) >= 11 is 0. The highest BCUT2D eigenvalue weighted by molar-refractivity contribution is 7.91. The molecule has 0 radical (unpaired) electrons. The second-order valence-corrected chi connectivity index (χ2v) is 7.48. The number of rotatable bonds is 5. The molecule has 2 aliphatic rings. The van der Waals surface area contributed by atoms with Gasteiger partial charge < -0.3 is 14.1 Å². The van der Waals surface area contributed by atoms with Crippen molar-refractivity contribution in [3.05, 3.63) is 30.3 Å². The lowest BCUT2D eigenvalue weighted by Crippen LogP contribution is -2.47. The molecule has 2 saturated heterocycles. The van der Waals surface area contributed by atoms with Gasteiger partial charge in [-0.25, -0.2) is 8.42 Å². The van der Waals surface area contributed by atoms with Crippen molar-refractivity contribution >= 4 is 16.5 Å². The number of sulfone groups is 1. The predicted octanol–water partition coefficient (Wildman–Crippen LogP) is 1.15. The molecule has 2 heterocycles. The summed E-state index contributed by atoms with van der Waals surface area (Å²) < 4.78 is 35.9. The third-order valence-electron chi connectivity index (χ3n) is 4.15. The quantitative estimate of drug-likeness (QED) is 0.763. The Labute approximate surface area is 119 Å². The number of hydrogen-bond donors (Lipinski definition) is 0. The first-order chi connectivity index (χ1) is 9.62. The summed E-state index contributed by atoms with van der Waals surface area (Å²) in [6, 6.07) is 8.60. The molecule has 0 N–H and O–H groups in total. The molecule has 0 aromatic heterocycles. The van der Waals surface area contributed by atoms with Gasteiger partial charge >= 0.3 is 6.69 Å². The fourth-order valence-electron chi connectivity index (χ4n) is 3.10. The number of hydrogen-bond acceptors (Lipinski definition) is 5. The van der Waals surface area contributed by atoms with Crippen LogP contribution >= 0.6 is 0 Å². The zero-order valence-electron chi connectivity index (χ0n) is 11.4. The van der Waals surface area contributed by atoms with Gasteiger partial charge in [0.25, 0.3) is 0 Å². The summed E-state index contributed by atoms with van der Waals surface area (Å²) in [4.78, 5) is 2.61. The summed E-state index contributed by atoms with van der Waals surface area (Å²) in [5.41, 5.74) is 0. The van der Waals surface area contributed by atoms with Gasteiger partial charge in [-0.15, -0.1) is 6.32 Å². The van der Waals surface area contributed by atoms with E-state index in [0.29, 0.717) is 30.9 Å². The van der Waals surface area contributed by atoms with Crippen molar-refractivity contribution in [1.29, 1.82) is 0 Å². The maximum atomic E-state index is 12.2. The Hall–Kier alpha value is -0.885. The van der Waals surface area contributed by atoms with Crippen LogP contribution in [0.3, 0.4) is 0 Å². The average Bonchev–Trinajstić information content (AvgIpc) is 2.99. The zero-order chi connectivity index (χ0) is 14.1. The van der Waals surface area contributed by atoms with E-state index in [-0.39, 0.29) is 5.75 Å². The Morgan fingerprint density at radius 3 is 2.40 bits per heavy atom. The summed E-state index contributed by atoms with van der Waals surface area (Å²) in [6.07, 6.45) is 1.22. The van der Waals surface area contributed by atoms with Gasteiger partial charge in [-0.2, -0.15) is 0 Å². The van der Waals surface area contributed by atoms with E-state index in [2.05, 4.69) is 4.81 Å². The summed E-state index contributed by atoms with van der Waals surface area (Å²) in [5, 5.41) is 0. The van der Waals surface area contributed by atoms with E-state index < -0.39 is 16.5 Å². The normalized spacial score (nSPS) is 22.0. The first-order valence-corrected chi connectivity index (χ1v) is 8.74. The predicted molar refractivity (Wildman–Crippen MR) is 77.1 cm³/mol. The van der Waals surface area contributed by atoms with Crippen LogP contribution in [0.5, 0.6) is 0 Å². The first kappa shape index (κ1) is 14.1. The number of nitrogens with zero attached hydrogens (tertiary/aromatic N) is 1. The first-order valence-electron chi connectivity index (χ1n) is 7.08. The molecule has 20 heavy (non-hydrogen) atoms. The van der Waals surface area contributed by atoms with Crippen molar-refractivity contribution in [2.75, 3.05) is 32.1 Å². The molecule has 0 bridgehead atoms. The Morgan fingerprint density at radius 1 is 1.10 bits per heavy atom. The average molecular weight is 296 g/mol. The van der Waals surface area contributed by atoms with Gasteiger partial charge in [0, 0.05) is 13.2 Å². The fraction of sp³-hybridized carbons (Fsp3) is 0.538. The monoisotopic (exact) mass is 296 g/mol. The van der Waals surface area contributed by atoms with E-state index in [1.54, 1.807) is 24.3 Å². The minimum absolute atomic E-state index is 0.140. The van der Waals surface area contributed by atoms with Crippen molar-refractivity contribution in [2.45, 2.75) is 17.6 Å². The molecular formula is C13H19BNO4S-. The molecule has 2 fully saturated rings. The van der Waals surface area contributed by atoms with E-state index in [1.165, 1.54) is 0 Å². The highest BCUT2D eigenvalue weighted by Gasteiger charge is 2.41. The maximum Gasteiger partial charge on any atom is 0.317 e. The summed E-state index contributed by atoms with van der Waals surface area (Å²) in [5.74, 6) is 0.140. The summed E-state index contributed by atoms with van der Waals surface area (Å²) in [7, 11) is -3.20. The van der Waals surface area contributed by atoms with E-state index in [1.807, 2.05) is 6.07 Å². The Balaban J connectivity index is 1.60. The maximum absolute atomic E-state index is 12.2. The molecule has 1 aromatic carbocycles. The van der Waals surface area contributed by atoms with Gasteiger partial charge in [0.15, 0.2) is 9.84 Å². The minimum atomic E-state index is -3.20. The standard InChI is InChI=1S/C13H19BNO4S/c16-20(17,13-5-2-1-3-6-13)12-4-7-14-15(8-10-18-14)9-11-19-14/h1-3,5-6H,4,7-12H2/q-1.